The van der Waals surface area contributed by atoms with Crippen molar-refractivity contribution in [3.63, 3.8) is 0 Å². The molecule has 1 N–H and O–H groups in total. The van der Waals surface area contributed by atoms with Gasteiger partial charge < -0.3 is 9.73 Å². The van der Waals surface area contributed by atoms with Crippen molar-refractivity contribution in [2.24, 2.45) is 0 Å². The Balaban J connectivity index is 1.56. The summed E-state index contributed by atoms with van der Waals surface area (Å²) < 4.78 is 5.66. The molecule has 6 nitrogen and oxygen atoms in total. The van der Waals surface area contributed by atoms with E-state index in [1.165, 1.54) is 24.2 Å². The van der Waals surface area contributed by atoms with E-state index in [9.17, 15) is 9.59 Å². The molecular formula is C22H23N3O3S. The van der Waals surface area contributed by atoms with Crippen LogP contribution in [0.1, 0.15) is 43.6 Å². The zero-order chi connectivity index (χ0) is 21.0. The molecule has 3 rings (SSSR count). The van der Waals surface area contributed by atoms with Gasteiger partial charge in [0, 0.05) is 16.8 Å². The van der Waals surface area contributed by atoms with Crippen molar-refractivity contribution in [1.82, 2.24) is 10.2 Å². The Hall–Kier alpha value is -2.93. The molecule has 150 valence electrons. The zero-order valence-corrected chi connectivity index (χ0v) is 17.7. The summed E-state index contributed by atoms with van der Waals surface area (Å²) in [5.41, 5.74) is 3.38. The Bertz CT molecular complexity index is 1000. The highest BCUT2D eigenvalue weighted by Crippen LogP contribution is 2.27. The largest absolute Gasteiger partial charge is 0.411 e. The lowest BCUT2D eigenvalue weighted by Crippen LogP contribution is -2.14. The number of Topliss-reactive ketones (excluding diaryl/α,β-unsaturated/α-hetero) is 1. The van der Waals surface area contributed by atoms with Gasteiger partial charge in [0.15, 0.2) is 5.78 Å². The van der Waals surface area contributed by atoms with E-state index in [4.69, 9.17) is 4.42 Å². The first kappa shape index (κ1) is 20.8. The first-order valence-corrected chi connectivity index (χ1v) is 10.2. The molecule has 0 unspecified atom stereocenters. The fraction of sp³-hybridized carbons (Fsp3) is 0.273. The molecule has 29 heavy (non-hydrogen) atoms. The molecule has 0 spiro atoms. The standard InChI is InChI=1S/C22H23N3O3S/c1-14(26)15-7-11-18(12-8-15)23-19(27)13-29-21-25-24-20(28-21)16-5-9-17(10-6-16)22(2,3)4/h5-12H,13H2,1-4H3,(H,23,27). The van der Waals surface area contributed by atoms with Crippen LogP contribution in [0.15, 0.2) is 58.2 Å². The number of ketones is 1. The van der Waals surface area contributed by atoms with E-state index < -0.39 is 0 Å². The Morgan fingerprint density at radius 1 is 1.00 bits per heavy atom. The Morgan fingerprint density at radius 2 is 1.66 bits per heavy atom. The van der Waals surface area contributed by atoms with Gasteiger partial charge in [-0.2, -0.15) is 0 Å². The van der Waals surface area contributed by atoms with Gasteiger partial charge in [-0.25, -0.2) is 0 Å². The first-order valence-electron chi connectivity index (χ1n) is 9.20. The number of amides is 1. The molecule has 1 aromatic heterocycles. The molecule has 0 aliphatic carbocycles. The number of anilines is 1. The quantitative estimate of drug-likeness (QED) is 0.457. The third-order valence-electron chi connectivity index (χ3n) is 4.31. The van der Waals surface area contributed by atoms with E-state index in [2.05, 4.69) is 48.4 Å². The third-order valence-corrected chi connectivity index (χ3v) is 5.12. The van der Waals surface area contributed by atoms with Crippen molar-refractivity contribution in [3.05, 3.63) is 59.7 Å². The minimum atomic E-state index is -0.195. The zero-order valence-electron chi connectivity index (χ0n) is 16.9. The molecule has 3 aromatic rings. The fourth-order valence-corrected chi connectivity index (χ4v) is 3.17. The van der Waals surface area contributed by atoms with E-state index in [-0.39, 0.29) is 22.9 Å². The van der Waals surface area contributed by atoms with Crippen LogP contribution in [-0.4, -0.2) is 27.6 Å². The predicted molar refractivity (Wildman–Crippen MR) is 114 cm³/mol. The Morgan fingerprint density at radius 3 is 2.24 bits per heavy atom. The lowest BCUT2D eigenvalue weighted by Gasteiger charge is -2.18. The maximum absolute atomic E-state index is 12.1. The number of hydrogen-bond acceptors (Lipinski definition) is 6. The molecule has 0 aliphatic rings. The summed E-state index contributed by atoms with van der Waals surface area (Å²) in [4.78, 5) is 23.4. The molecule has 0 saturated carbocycles. The van der Waals surface area contributed by atoms with Gasteiger partial charge in [-0.05, 0) is 54.3 Å². The van der Waals surface area contributed by atoms with Crippen LogP contribution in [0, 0.1) is 0 Å². The summed E-state index contributed by atoms with van der Waals surface area (Å²) in [6.45, 7) is 7.98. The van der Waals surface area contributed by atoms with Crippen molar-refractivity contribution in [2.45, 2.75) is 38.3 Å². The van der Waals surface area contributed by atoms with E-state index in [0.29, 0.717) is 22.4 Å². The summed E-state index contributed by atoms with van der Waals surface area (Å²) in [7, 11) is 0. The van der Waals surface area contributed by atoms with Gasteiger partial charge in [-0.1, -0.05) is 44.7 Å². The Labute approximate surface area is 174 Å². The second-order valence-electron chi connectivity index (χ2n) is 7.67. The number of thioether (sulfide) groups is 1. The topological polar surface area (TPSA) is 85.1 Å². The van der Waals surface area contributed by atoms with Gasteiger partial charge in [0.2, 0.25) is 11.8 Å². The second-order valence-corrected chi connectivity index (χ2v) is 8.60. The van der Waals surface area contributed by atoms with Gasteiger partial charge in [-0.3, -0.25) is 9.59 Å². The van der Waals surface area contributed by atoms with Gasteiger partial charge in [-0.15, -0.1) is 10.2 Å². The van der Waals surface area contributed by atoms with Gasteiger partial charge in [0.05, 0.1) is 5.75 Å². The summed E-state index contributed by atoms with van der Waals surface area (Å²) in [5.74, 6) is 0.353. The summed E-state index contributed by atoms with van der Waals surface area (Å²) >= 11 is 1.17. The molecule has 7 heteroatoms. The van der Waals surface area contributed by atoms with Crippen LogP contribution in [0.3, 0.4) is 0 Å². The van der Waals surface area contributed by atoms with Gasteiger partial charge >= 0.3 is 0 Å². The first-order chi connectivity index (χ1) is 13.7. The number of carbonyl (C=O) groups excluding carboxylic acids is 2. The van der Waals surface area contributed by atoms with Crippen LogP contribution < -0.4 is 5.32 Å². The van der Waals surface area contributed by atoms with Gasteiger partial charge in [0.1, 0.15) is 0 Å². The third kappa shape index (κ3) is 5.54. The smallest absolute Gasteiger partial charge is 0.277 e. The van der Waals surface area contributed by atoms with Crippen molar-refractivity contribution in [3.8, 4) is 11.5 Å². The molecule has 0 fully saturated rings. The van der Waals surface area contributed by atoms with E-state index in [1.807, 2.05) is 12.1 Å². The van der Waals surface area contributed by atoms with Crippen molar-refractivity contribution >= 4 is 29.1 Å². The SMILES string of the molecule is CC(=O)c1ccc(NC(=O)CSc2nnc(-c3ccc(C(C)(C)C)cc3)o2)cc1. The molecule has 1 heterocycles. The van der Waals surface area contributed by atoms with Crippen LogP contribution in [-0.2, 0) is 10.2 Å². The average Bonchev–Trinajstić information content (AvgIpc) is 3.15. The van der Waals surface area contributed by atoms with E-state index in [0.717, 1.165) is 5.56 Å². The summed E-state index contributed by atoms with van der Waals surface area (Å²) in [6.07, 6.45) is 0. The average molecular weight is 410 g/mol. The summed E-state index contributed by atoms with van der Waals surface area (Å²) in [5, 5.41) is 11.2. The van der Waals surface area contributed by atoms with Crippen LogP contribution in [0.2, 0.25) is 0 Å². The number of benzene rings is 2. The number of nitrogens with one attached hydrogen (secondary N) is 1. The monoisotopic (exact) mass is 409 g/mol. The molecule has 0 bridgehead atoms. The Kier molecular flexibility index (Phi) is 6.17. The minimum Gasteiger partial charge on any atom is -0.411 e. The molecular weight excluding hydrogens is 386 g/mol. The molecule has 1 amide bonds. The number of rotatable bonds is 6. The normalized spacial score (nSPS) is 11.3. The highest BCUT2D eigenvalue weighted by molar-refractivity contribution is 7.99. The molecule has 0 atom stereocenters. The highest BCUT2D eigenvalue weighted by atomic mass is 32.2. The highest BCUT2D eigenvalue weighted by Gasteiger charge is 2.15. The maximum Gasteiger partial charge on any atom is 0.277 e. The van der Waals surface area contributed by atoms with Crippen LogP contribution in [0.5, 0.6) is 0 Å². The molecule has 0 aliphatic heterocycles. The second kappa shape index (κ2) is 8.61. The van der Waals surface area contributed by atoms with Crippen molar-refractivity contribution < 1.29 is 14.0 Å². The lowest BCUT2D eigenvalue weighted by molar-refractivity contribution is -0.113. The predicted octanol–water partition coefficient (Wildman–Crippen LogP) is 4.97. The van der Waals surface area contributed by atoms with E-state index >= 15 is 0 Å². The number of hydrogen-bond donors (Lipinski definition) is 1. The lowest BCUT2D eigenvalue weighted by atomic mass is 9.87. The number of aromatic nitrogens is 2. The molecule has 2 aromatic carbocycles. The van der Waals surface area contributed by atoms with Crippen LogP contribution >= 0.6 is 11.8 Å². The molecule has 0 radical (unpaired) electrons. The van der Waals surface area contributed by atoms with Gasteiger partial charge in [0.25, 0.3) is 5.22 Å². The summed E-state index contributed by atoms with van der Waals surface area (Å²) in [6, 6.07) is 14.8. The maximum atomic E-state index is 12.1. The molecule has 0 saturated heterocycles. The van der Waals surface area contributed by atoms with Crippen molar-refractivity contribution in [1.29, 1.82) is 0 Å². The van der Waals surface area contributed by atoms with Crippen LogP contribution in [0.4, 0.5) is 5.69 Å². The van der Waals surface area contributed by atoms with Crippen molar-refractivity contribution in [2.75, 3.05) is 11.1 Å². The number of carbonyl (C=O) groups is 2. The van der Waals surface area contributed by atoms with E-state index in [1.54, 1.807) is 24.3 Å². The van der Waals surface area contributed by atoms with Crippen LogP contribution in [0.25, 0.3) is 11.5 Å². The minimum absolute atomic E-state index is 0.0151. The fourth-order valence-electron chi connectivity index (χ4n) is 2.61. The number of nitrogens with zero attached hydrogens (tertiary/aromatic N) is 2.